The first kappa shape index (κ1) is 24.3. The molecule has 1 heterocycles. The molecule has 2 aromatic carbocycles. The number of hydrogen-bond acceptors (Lipinski definition) is 6. The summed E-state index contributed by atoms with van der Waals surface area (Å²) >= 11 is 1.37. The normalized spacial score (nSPS) is 15.7. The Kier molecular flexibility index (Phi) is 8.85. The predicted molar refractivity (Wildman–Crippen MR) is 134 cm³/mol. The summed E-state index contributed by atoms with van der Waals surface area (Å²) in [7, 11) is 0. The second kappa shape index (κ2) is 12.0. The van der Waals surface area contributed by atoms with Crippen molar-refractivity contribution in [2.75, 3.05) is 26.4 Å². The van der Waals surface area contributed by atoms with Crippen molar-refractivity contribution in [3.05, 3.63) is 52.9 Å². The predicted octanol–water partition coefficient (Wildman–Crippen LogP) is 5.51. The second-order valence-electron chi connectivity index (χ2n) is 7.02. The number of terminal acetylenes is 1. The Morgan fingerprint density at radius 1 is 1.03 bits per heavy atom. The van der Waals surface area contributed by atoms with Crippen molar-refractivity contribution in [2.24, 2.45) is 4.99 Å². The lowest BCUT2D eigenvalue weighted by Gasteiger charge is -2.14. The smallest absolute Gasteiger partial charge is 0.266 e. The van der Waals surface area contributed by atoms with Crippen LogP contribution in [0.2, 0.25) is 0 Å². The highest BCUT2D eigenvalue weighted by molar-refractivity contribution is 8.18. The third-order valence-electron chi connectivity index (χ3n) is 4.58. The second-order valence-corrected chi connectivity index (χ2v) is 8.03. The molecule has 0 N–H and O–H groups in total. The molecule has 1 fully saturated rings. The lowest BCUT2D eigenvalue weighted by molar-refractivity contribution is -0.122. The topological polar surface area (TPSA) is 60.4 Å². The third kappa shape index (κ3) is 6.33. The molecule has 0 bridgehead atoms. The third-order valence-corrected chi connectivity index (χ3v) is 5.59. The lowest BCUT2D eigenvalue weighted by Crippen LogP contribution is -2.29. The summed E-state index contributed by atoms with van der Waals surface area (Å²) in [6.45, 7) is 7.74. The largest absolute Gasteiger partial charge is 0.494 e. The van der Waals surface area contributed by atoms with Crippen LogP contribution in [0.3, 0.4) is 0 Å². The highest BCUT2D eigenvalue weighted by Crippen LogP contribution is 2.36. The molecule has 0 aromatic heterocycles. The maximum Gasteiger partial charge on any atom is 0.266 e. The van der Waals surface area contributed by atoms with E-state index in [1.54, 1.807) is 11.0 Å². The van der Waals surface area contributed by atoms with E-state index in [9.17, 15) is 4.79 Å². The molecule has 3 rings (SSSR count). The summed E-state index contributed by atoms with van der Waals surface area (Å²) in [4.78, 5) is 20.2. The van der Waals surface area contributed by atoms with Crippen molar-refractivity contribution >= 4 is 34.6 Å². The molecule has 7 heteroatoms. The van der Waals surface area contributed by atoms with E-state index < -0.39 is 0 Å². The van der Waals surface area contributed by atoms with Gasteiger partial charge in [0.15, 0.2) is 16.7 Å². The summed E-state index contributed by atoms with van der Waals surface area (Å²) in [5.41, 5.74) is 1.60. The van der Waals surface area contributed by atoms with E-state index in [4.69, 9.17) is 25.6 Å². The molecule has 33 heavy (non-hydrogen) atoms. The summed E-state index contributed by atoms with van der Waals surface area (Å²) < 4.78 is 16.7. The Balaban J connectivity index is 1.88. The van der Waals surface area contributed by atoms with Crippen LogP contribution in [0.1, 0.15) is 32.8 Å². The average Bonchev–Trinajstić information content (AvgIpc) is 3.09. The van der Waals surface area contributed by atoms with Gasteiger partial charge in [-0.15, -0.1) is 6.42 Å². The molecule has 0 atom stereocenters. The van der Waals surface area contributed by atoms with Gasteiger partial charge in [0.1, 0.15) is 12.4 Å². The van der Waals surface area contributed by atoms with Crippen LogP contribution in [0.25, 0.3) is 6.08 Å². The van der Waals surface area contributed by atoms with Crippen LogP contribution in [-0.2, 0) is 4.79 Å². The number of thioether (sulfide) groups is 1. The number of rotatable bonds is 10. The zero-order valence-corrected chi connectivity index (χ0v) is 20.0. The van der Waals surface area contributed by atoms with E-state index in [1.165, 1.54) is 11.8 Å². The van der Waals surface area contributed by atoms with Crippen LogP contribution >= 0.6 is 11.8 Å². The number of ether oxygens (including phenoxy) is 3. The Morgan fingerprint density at radius 3 is 2.45 bits per heavy atom. The van der Waals surface area contributed by atoms with E-state index in [2.05, 4.69) is 5.92 Å². The number of amides is 1. The number of hydrogen-bond donors (Lipinski definition) is 0. The van der Waals surface area contributed by atoms with Crippen LogP contribution in [0.5, 0.6) is 17.2 Å². The molecule has 0 radical (unpaired) electrons. The molecule has 1 aliphatic rings. The first-order valence-corrected chi connectivity index (χ1v) is 11.8. The van der Waals surface area contributed by atoms with Crippen LogP contribution < -0.4 is 14.2 Å². The number of benzene rings is 2. The molecule has 6 nitrogen and oxygen atoms in total. The Labute approximate surface area is 199 Å². The van der Waals surface area contributed by atoms with Gasteiger partial charge in [0.05, 0.1) is 23.8 Å². The van der Waals surface area contributed by atoms with E-state index in [-0.39, 0.29) is 12.5 Å². The van der Waals surface area contributed by atoms with Gasteiger partial charge in [0, 0.05) is 6.54 Å². The molecule has 2 aromatic rings. The molecule has 0 saturated carbocycles. The van der Waals surface area contributed by atoms with E-state index in [0.717, 1.165) is 23.4 Å². The highest BCUT2D eigenvalue weighted by Gasteiger charge is 2.32. The van der Waals surface area contributed by atoms with E-state index in [0.29, 0.717) is 41.3 Å². The van der Waals surface area contributed by atoms with Crippen molar-refractivity contribution in [1.29, 1.82) is 0 Å². The van der Waals surface area contributed by atoms with Gasteiger partial charge in [-0.05, 0) is 80.1 Å². The number of carbonyl (C=O) groups excluding carboxylic acids is 1. The summed E-state index contributed by atoms with van der Waals surface area (Å²) in [5.74, 6) is 4.35. The quantitative estimate of drug-likeness (QED) is 0.343. The molecule has 1 aliphatic heterocycles. The van der Waals surface area contributed by atoms with Crippen molar-refractivity contribution < 1.29 is 19.0 Å². The molecule has 172 valence electrons. The van der Waals surface area contributed by atoms with Gasteiger partial charge >= 0.3 is 0 Å². The minimum atomic E-state index is -0.0582. The standard InChI is InChI=1S/C26H28N2O4S/c1-5-15-28-25(29)24(33-26(28)27-20-10-12-21(13-11-20)30-7-3)18-19-9-14-22(32-16-6-2)23(17-19)31-8-4/h2,9-14,17-18H,5,7-8,15-16H2,1,3-4H3/b24-18+,27-26?. The van der Waals surface area contributed by atoms with Crippen LogP contribution in [0.4, 0.5) is 5.69 Å². The monoisotopic (exact) mass is 464 g/mol. The van der Waals surface area contributed by atoms with Crippen LogP contribution in [-0.4, -0.2) is 42.3 Å². The fraction of sp³-hybridized carbons (Fsp3) is 0.308. The molecule has 0 unspecified atom stereocenters. The number of carbonyl (C=O) groups is 1. The summed E-state index contributed by atoms with van der Waals surface area (Å²) in [6.07, 6.45) is 7.98. The zero-order chi connectivity index (χ0) is 23.6. The van der Waals surface area contributed by atoms with Gasteiger partial charge in [0.25, 0.3) is 5.91 Å². The lowest BCUT2D eigenvalue weighted by atomic mass is 10.2. The SMILES string of the molecule is C#CCOc1ccc(/C=C2/SC(=Nc3ccc(OCC)cc3)N(CCC)C2=O)cc1OCC. The van der Waals surface area contributed by atoms with Crippen molar-refractivity contribution in [3.8, 4) is 29.6 Å². The summed E-state index contributed by atoms with van der Waals surface area (Å²) in [5, 5.41) is 0.663. The van der Waals surface area contributed by atoms with Gasteiger partial charge in [-0.25, -0.2) is 4.99 Å². The first-order valence-electron chi connectivity index (χ1n) is 11.0. The first-order chi connectivity index (χ1) is 16.1. The minimum absolute atomic E-state index is 0.0582. The van der Waals surface area contributed by atoms with Gasteiger partial charge in [-0.2, -0.15) is 0 Å². The fourth-order valence-corrected chi connectivity index (χ4v) is 4.20. The molecule has 0 spiro atoms. The Bertz CT molecular complexity index is 1070. The Hall–Kier alpha value is -3.37. The van der Waals surface area contributed by atoms with E-state index in [1.807, 2.05) is 63.2 Å². The molecular formula is C26H28N2O4S. The fourth-order valence-electron chi connectivity index (χ4n) is 3.18. The van der Waals surface area contributed by atoms with Gasteiger partial charge in [-0.1, -0.05) is 18.9 Å². The molecular weight excluding hydrogens is 436 g/mol. The minimum Gasteiger partial charge on any atom is -0.494 e. The maximum absolute atomic E-state index is 13.1. The van der Waals surface area contributed by atoms with Gasteiger partial charge < -0.3 is 14.2 Å². The number of nitrogens with zero attached hydrogens (tertiary/aromatic N) is 2. The van der Waals surface area contributed by atoms with Gasteiger partial charge in [-0.3, -0.25) is 9.69 Å². The van der Waals surface area contributed by atoms with Crippen molar-refractivity contribution in [3.63, 3.8) is 0 Å². The summed E-state index contributed by atoms with van der Waals surface area (Å²) in [6, 6.07) is 13.1. The van der Waals surface area contributed by atoms with Crippen molar-refractivity contribution in [1.82, 2.24) is 4.90 Å². The van der Waals surface area contributed by atoms with Crippen molar-refractivity contribution in [2.45, 2.75) is 27.2 Å². The number of amidine groups is 1. The zero-order valence-electron chi connectivity index (χ0n) is 19.2. The molecule has 1 amide bonds. The maximum atomic E-state index is 13.1. The van der Waals surface area contributed by atoms with Gasteiger partial charge in [0.2, 0.25) is 0 Å². The molecule has 1 saturated heterocycles. The molecule has 0 aliphatic carbocycles. The van der Waals surface area contributed by atoms with E-state index >= 15 is 0 Å². The Morgan fingerprint density at radius 2 is 1.79 bits per heavy atom. The van der Waals surface area contributed by atoms with Crippen LogP contribution in [0.15, 0.2) is 52.4 Å². The highest BCUT2D eigenvalue weighted by atomic mass is 32.2. The number of aliphatic imine (C=N–C) groups is 1. The van der Waals surface area contributed by atoms with Crippen LogP contribution in [0, 0.1) is 12.3 Å². The average molecular weight is 465 g/mol.